The molecule has 0 atom stereocenters. The van der Waals surface area contributed by atoms with E-state index in [0.717, 1.165) is 5.75 Å². The largest absolute Gasteiger partial charge is 0.457 e. The number of benzene rings is 2. The SMILES string of the molecule is Cc1ccc(Oc2ccc(NC(=O)C3(N)CCOCC3)cc2)cc1.Cl. The molecule has 0 unspecified atom stereocenters. The second kappa shape index (κ2) is 8.34. The number of ether oxygens (including phenoxy) is 2. The molecule has 1 aliphatic heterocycles. The number of carbonyl (C=O) groups is 1. The van der Waals surface area contributed by atoms with Crippen molar-refractivity contribution in [3.63, 3.8) is 0 Å². The van der Waals surface area contributed by atoms with Crippen molar-refractivity contribution in [3.05, 3.63) is 54.1 Å². The van der Waals surface area contributed by atoms with Crippen molar-refractivity contribution in [2.45, 2.75) is 25.3 Å². The highest BCUT2D eigenvalue weighted by molar-refractivity contribution is 5.98. The zero-order valence-electron chi connectivity index (χ0n) is 14.2. The lowest BCUT2D eigenvalue weighted by Crippen LogP contribution is -2.54. The zero-order valence-corrected chi connectivity index (χ0v) is 15.0. The van der Waals surface area contributed by atoms with Gasteiger partial charge in [-0.1, -0.05) is 17.7 Å². The van der Waals surface area contributed by atoms with Gasteiger partial charge in [-0.05, 0) is 56.2 Å². The number of aryl methyl sites for hydroxylation is 1. The molecule has 1 heterocycles. The molecule has 2 aromatic rings. The molecule has 6 heteroatoms. The maximum atomic E-state index is 12.4. The van der Waals surface area contributed by atoms with Crippen molar-refractivity contribution in [3.8, 4) is 11.5 Å². The van der Waals surface area contributed by atoms with Crippen molar-refractivity contribution in [2.24, 2.45) is 5.73 Å². The summed E-state index contributed by atoms with van der Waals surface area (Å²) in [6.07, 6.45) is 1.07. The first kappa shape index (κ1) is 19.2. The summed E-state index contributed by atoms with van der Waals surface area (Å²) in [5.74, 6) is 1.32. The smallest absolute Gasteiger partial charge is 0.244 e. The van der Waals surface area contributed by atoms with Gasteiger partial charge in [0, 0.05) is 18.9 Å². The van der Waals surface area contributed by atoms with E-state index in [1.54, 1.807) is 0 Å². The summed E-state index contributed by atoms with van der Waals surface area (Å²) in [6, 6.07) is 15.1. The fourth-order valence-electron chi connectivity index (χ4n) is 2.57. The summed E-state index contributed by atoms with van der Waals surface area (Å²) >= 11 is 0. The molecule has 0 aromatic heterocycles. The van der Waals surface area contributed by atoms with Crippen LogP contribution >= 0.6 is 12.4 Å². The third kappa shape index (κ3) is 4.95. The summed E-state index contributed by atoms with van der Waals surface area (Å²) < 4.78 is 11.0. The summed E-state index contributed by atoms with van der Waals surface area (Å²) in [5, 5.41) is 2.88. The minimum atomic E-state index is -0.852. The highest BCUT2D eigenvalue weighted by Gasteiger charge is 2.35. The lowest BCUT2D eigenvalue weighted by Gasteiger charge is -2.31. The van der Waals surface area contributed by atoms with Crippen LogP contribution in [0, 0.1) is 6.92 Å². The first-order chi connectivity index (χ1) is 11.5. The van der Waals surface area contributed by atoms with Crippen LogP contribution in [0.1, 0.15) is 18.4 Å². The van der Waals surface area contributed by atoms with E-state index in [2.05, 4.69) is 5.32 Å². The Morgan fingerprint density at radius 1 is 1.04 bits per heavy atom. The Morgan fingerprint density at radius 2 is 1.56 bits per heavy atom. The molecule has 2 aromatic carbocycles. The number of hydrogen-bond donors (Lipinski definition) is 2. The molecule has 25 heavy (non-hydrogen) atoms. The predicted molar refractivity (Wildman–Crippen MR) is 101 cm³/mol. The van der Waals surface area contributed by atoms with Gasteiger partial charge in [-0.2, -0.15) is 0 Å². The van der Waals surface area contributed by atoms with E-state index in [4.69, 9.17) is 15.2 Å². The Kier molecular flexibility index (Phi) is 6.42. The van der Waals surface area contributed by atoms with Crippen LogP contribution in [-0.4, -0.2) is 24.7 Å². The van der Waals surface area contributed by atoms with Crippen molar-refractivity contribution in [1.29, 1.82) is 0 Å². The highest BCUT2D eigenvalue weighted by atomic mass is 35.5. The molecule has 0 aliphatic carbocycles. The quantitative estimate of drug-likeness (QED) is 0.870. The van der Waals surface area contributed by atoms with Crippen LogP contribution in [-0.2, 0) is 9.53 Å². The van der Waals surface area contributed by atoms with Crippen LogP contribution in [0.5, 0.6) is 11.5 Å². The molecule has 0 bridgehead atoms. The molecule has 5 nitrogen and oxygen atoms in total. The summed E-state index contributed by atoms with van der Waals surface area (Å²) in [4.78, 5) is 12.4. The fraction of sp³-hybridized carbons (Fsp3) is 0.316. The number of amides is 1. The van der Waals surface area contributed by atoms with Crippen molar-refractivity contribution in [2.75, 3.05) is 18.5 Å². The first-order valence-electron chi connectivity index (χ1n) is 8.08. The van der Waals surface area contributed by atoms with Gasteiger partial charge in [0.05, 0.1) is 0 Å². The number of nitrogens with two attached hydrogens (primary N) is 1. The van der Waals surface area contributed by atoms with Crippen LogP contribution in [0.3, 0.4) is 0 Å². The van der Waals surface area contributed by atoms with Gasteiger partial charge in [-0.15, -0.1) is 12.4 Å². The molecule has 3 rings (SSSR count). The maximum Gasteiger partial charge on any atom is 0.244 e. The molecular formula is C19H23ClN2O3. The van der Waals surface area contributed by atoms with E-state index in [-0.39, 0.29) is 18.3 Å². The molecule has 0 saturated carbocycles. The number of anilines is 1. The third-order valence-corrected chi connectivity index (χ3v) is 4.21. The second-order valence-corrected chi connectivity index (χ2v) is 6.16. The monoisotopic (exact) mass is 362 g/mol. The van der Waals surface area contributed by atoms with Gasteiger partial charge in [0.2, 0.25) is 5.91 Å². The Morgan fingerprint density at radius 3 is 2.12 bits per heavy atom. The molecule has 134 valence electrons. The van der Waals surface area contributed by atoms with Crippen LogP contribution in [0.2, 0.25) is 0 Å². The topological polar surface area (TPSA) is 73.6 Å². The molecule has 1 amide bonds. The lowest BCUT2D eigenvalue weighted by atomic mass is 9.90. The summed E-state index contributed by atoms with van der Waals surface area (Å²) in [6.45, 7) is 3.07. The van der Waals surface area contributed by atoms with Crippen LogP contribution in [0.25, 0.3) is 0 Å². The van der Waals surface area contributed by atoms with Crippen LogP contribution in [0.4, 0.5) is 5.69 Å². The summed E-state index contributed by atoms with van der Waals surface area (Å²) in [7, 11) is 0. The van der Waals surface area contributed by atoms with Gasteiger partial charge in [-0.3, -0.25) is 4.79 Å². The van der Waals surface area contributed by atoms with Crippen LogP contribution < -0.4 is 15.8 Å². The predicted octanol–water partition coefficient (Wildman–Crippen LogP) is 3.66. The molecule has 0 radical (unpaired) electrons. The Bertz CT molecular complexity index is 696. The molecule has 1 saturated heterocycles. The summed E-state index contributed by atoms with van der Waals surface area (Å²) in [5.41, 5.74) is 7.21. The molecular weight excluding hydrogens is 340 g/mol. The number of carbonyl (C=O) groups excluding carboxylic acids is 1. The van der Waals surface area contributed by atoms with Gasteiger partial charge in [-0.25, -0.2) is 0 Å². The number of halogens is 1. The Hall–Kier alpha value is -2.08. The number of nitrogens with one attached hydrogen (secondary N) is 1. The molecule has 0 spiro atoms. The van der Waals surface area contributed by atoms with E-state index < -0.39 is 5.54 Å². The van der Waals surface area contributed by atoms with Gasteiger partial charge >= 0.3 is 0 Å². The van der Waals surface area contributed by atoms with Crippen molar-refractivity contribution in [1.82, 2.24) is 0 Å². The van der Waals surface area contributed by atoms with Crippen LogP contribution in [0.15, 0.2) is 48.5 Å². The normalized spacial score (nSPS) is 15.8. The van der Waals surface area contributed by atoms with E-state index in [1.165, 1.54) is 5.56 Å². The highest BCUT2D eigenvalue weighted by Crippen LogP contribution is 2.24. The average Bonchev–Trinajstić information content (AvgIpc) is 2.59. The van der Waals surface area contributed by atoms with Gasteiger partial charge in [0.1, 0.15) is 17.0 Å². The average molecular weight is 363 g/mol. The van der Waals surface area contributed by atoms with E-state index in [0.29, 0.717) is 37.5 Å². The van der Waals surface area contributed by atoms with Gasteiger partial charge < -0.3 is 20.5 Å². The minimum Gasteiger partial charge on any atom is -0.457 e. The lowest BCUT2D eigenvalue weighted by molar-refractivity contribution is -0.124. The molecule has 1 aliphatic rings. The second-order valence-electron chi connectivity index (χ2n) is 6.16. The Balaban J connectivity index is 0.00000225. The zero-order chi connectivity index (χ0) is 17.0. The number of hydrogen-bond acceptors (Lipinski definition) is 4. The molecule has 3 N–H and O–H groups in total. The Labute approximate surface area is 153 Å². The minimum absolute atomic E-state index is 0. The van der Waals surface area contributed by atoms with Crippen molar-refractivity contribution >= 4 is 24.0 Å². The molecule has 1 fully saturated rings. The third-order valence-electron chi connectivity index (χ3n) is 4.21. The van der Waals surface area contributed by atoms with E-state index in [9.17, 15) is 4.79 Å². The van der Waals surface area contributed by atoms with Gasteiger partial charge in [0.25, 0.3) is 0 Å². The van der Waals surface area contributed by atoms with E-state index >= 15 is 0 Å². The maximum absolute atomic E-state index is 12.4. The van der Waals surface area contributed by atoms with E-state index in [1.807, 2.05) is 55.5 Å². The standard InChI is InChI=1S/C19H22N2O3.ClH/c1-14-2-6-16(7-3-14)24-17-8-4-15(5-9-17)21-18(22)19(20)10-12-23-13-11-19;/h2-9H,10-13,20H2,1H3,(H,21,22);1H. The fourth-order valence-corrected chi connectivity index (χ4v) is 2.57. The van der Waals surface area contributed by atoms with Crippen molar-refractivity contribution < 1.29 is 14.3 Å². The number of rotatable bonds is 4. The first-order valence-corrected chi connectivity index (χ1v) is 8.08. The van der Waals surface area contributed by atoms with Gasteiger partial charge in [0.15, 0.2) is 0 Å².